The minimum Gasteiger partial charge on any atom is -0.336 e. The van der Waals surface area contributed by atoms with Gasteiger partial charge in [0.15, 0.2) is 0 Å². The normalized spacial score (nSPS) is 15.5. The molecule has 0 saturated carbocycles. The predicted octanol–water partition coefficient (Wildman–Crippen LogP) is 4.47. The van der Waals surface area contributed by atoms with Crippen molar-refractivity contribution in [1.82, 2.24) is 10.3 Å². The van der Waals surface area contributed by atoms with Crippen molar-refractivity contribution < 1.29 is 4.79 Å². The first-order chi connectivity index (χ1) is 14.1. The summed E-state index contributed by atoms with van der Waals surface area (Å²) < 4.78 is 0. The van der Waals surface area contributed by atoms with Crippen molar-refractivity contribution in [2.45, 2.75) is 6.04 Å². The molecular formula is C22H18Cl2N4O. The van der Waals surface area contributed by atoms with Crippen LogP contribution in [0.1, 0.15) is 22.7 Å². The van der Waals surface area contributed by atoms with E-state index >= 15 is 0 Å². The van der Waals surface area contributed by atoms with Gasteiger partial charge in [0, 0.05) is 21.2 Å². The molecule has 3 aromatic carbocycles. The molecule has 3 N–H and O–H groups in total. The van der Waals surface area contributed by atoms with Crippen LogP contribution in [-0.2, 0) is 4.79 Å². The molecule has 29 heavy (non-hydrogen) atoms. The van der Waals surface area contributed by atoms with Gasteiger partial charge in [-0.2, -0.15) is 0 Å². The minimum atomic E-state index is -0.328. The Balaban J connectivity index is 1.95. The van der Waals surface area contributed by atoms with Gasteiger partial charge in [-0.15, -0.1) is 0 Å². The van der Waals surface area contributed by atoms with Crippen molar-refractivity contribution in [2.24, 2.45) is 10.8 Å². The lowest BCUT2D eigenvalue weighted by Crippen LogP contribution is -2.46. The summed E-state index contributed by atoms with van der Waals surface area (Å²) in [5.41, 5.74) is 5.74. The standard InChI is InChI=1S/C22H18Cl2N4O/c23-16-8-4-7-15(11-16)22-26-19-10-9-17(24)12-18(19)21(14-5-2-1-3-6-14)28(22)13-20(29)27-25/h1-12,21H,13,25H2,(H,27,29)/t21-/m0/s1. The van der Waals surface area contributed by atoms with E-state index in [1.165, 1.54) is 0 Å². The molecule has 0 saturated heterocycles. The second kappa shape index (κ2) is 8.25. The van der Waals surface area contributed by atoms with Crippen LogP contribution in [0.15, 0.2) is 77.8 Å². The zero-order valence-corrected chi connectivity index (χ0v) is 16.9. The molecule has 1 aliphatic heterocycles. The fraction of sp³-hybridized carbons (Fsp3) is 0.0909. The fourth-order valence-electron chi connectivity index (χ4n) is 3.53. The summed E-state index contributed by atoms with van der Waals surface area (Å²) in [6.45, 7) is 0.0212. The van der Waals surface area contributed by atoms with Gasteiger partial charge in [-0.05, 0) is 35.9 Å². The number of carbonyl (C=O) groups excluding carboxylic acids is 1. The molecule has 0 aliphatic carbocycles. The zero-order chi connectivity index (χ0) is 20.4. The van der Waals surface area contributed by atoms with Gasteiger partial charge < -0.3 is 4.90 Å². The number of nitrogens with two attached hydrogens (primary N) is 1. The Hall–Kier alpha value is -2.86. The summed E-state index contributed by atoms with van der Waals surface area (Å²) in [5, 5.41) is 1.20. The van der Waals surface area contributed by atoms with Crippen LogP contribution in [-0.4, -0.2) is 23.2 Å². The molecule has 1 amide bonds. The molecule has 0 spiro atoms. The van der Waals surface area contributed by atoms with Gasteiger partial charge in [0.25, 0.3) is 5.91 Å². The molecule has 3 aromatic rings. The van der Waals surface area contributed by atoms with Crippen LogP contribution in [0.25, 0.3) is 0 Å². The van der Waals surface area contributed by atoms with Crippen LogP contribution in [0.2, 0.25) is 10.0 Å². The first-order valence-electron chi connectivity index (χ1n) is 9.02. The van der Waals surface area contributed by atoms with Crippen molar-refractivity contribution in [1.29, 1.82) is 0 Å². The van der Waals surface area contributed by atoms with Crippen LogP contribution < -0.4 is 11.3 Å². The summed E-state index contributed by atoms with van der Waals surface area (Å²) >= 11 is 12.5. The van der Waals surface area contributed by atoms with Crippen LogP contribution in [0.4, 0.5) is 5.69 Å². The molecule has 7 heteroatoms. The zero-order valence-electron chi connectivity index (χ0n) is 15.3. The number of benzene rings is 3. The first kappa shape index (κ1) is 19.5. The molecule has 0 radical (unpaired) electrons. The minimum absolute atomic E-state index is 0.0212. The number of hydrogen-bond acceptors (Lipinski definition) is 4. The Labute approximate surface area is 178 Å². The number of amidine groups is 1. The van der Waals surface area contributed by atoms with E-state index in [0.717, 1.165) is 22.4 Å². The lowest BCUT2D eigenvalue weighted by molar-refractivity contribution is -0.121. The van der Waals surface area contributed by atoms with Gasteiger partial charge in [-0.3, -0.25) is 10.2 Å². The van der Waals surface area contributed by atoms with Crippen molar-refractivity contribution in [3.05, 3.63) is 99.5 Å². The third-order valence-corrected chi connectivity index (χ3v) is 5.24. The molecule has 5 nitrogen and oxygen atoms in total. The maximum absolute atomic E-state index is 12.3. The van der Waals surface area contributed by atoms with E-state index in [1.807, 2.05) is 71.6 Å². The van der Waals surface area contributed by atoms with Crippen LogP contribution in [0, 0.1) is 0 Å². The maximum atomic E-state index is 12.3. The van der Waals surface area contributed by atoms with Gasteiger partial charge in [0.05, 0.1) is 11.7 Å². The summed E-state index contributed by atoms with van der Waals surface area (Å²) in [5.74, 6) is 5.70. The maximum Gasteiger partial charge on any atom is 0.253 e. The van der Waals surface area contributed by atoms with E-state index in [0.29, 0.717) is 15.9 Å². The predicted molar refractivity (Wildman–Crippen MR) is 116 cm³/mol. The Bertz CT molecular complexity index is 1090. The van der Waals surface area contributed by atoms with Crippen molar-refractivity contribution >= 4 is 40.6 Å². The third-order valence-electron chi connectivity index (χ3n) is 4.77. The lowest BCUT2D eigenvalue weighted by Gasteiger charge is -2.38. The Morgan fingerprint density at radius 2 is 1.76 bits per heavy atom. The molecule has 0 fully saturated rings. The van der Waals surface area contributed by atoms with Gasteiger partial charge in [-0.25, -0.2) is 10.8 Å². The average molecular weight is 425 g/mol. The second-order valence-electron chi connectivity index (χ2n) is 6.66. The number of carbonyl (C=O) groups is 1. The SMILES string of the molecule is NNC(=O)CN1C(c2cccc(Cl)c2)=Nc2ccc(Cl)cc2[C@@H]1c1ccccc1. The Kier molecular flexibility index (Phi) is 5.53. The first-order valence-corrected chi connectivity index (χ1v) is 9.77. The summed E-state index contributed by atoms with van der Waals surface area (Å²) in [6, 6.07) is 22.6. The number of fused-ring (bicyclic) bond motifs is 1. The van der Waals surface area contributed by atoms with E-state index < -0.39 is 0 Å². The van der Waals surface area contributed by atoms with Crippen molar-refractivity contribution in [3.63, 3.8) is 0 Å². The summed E-state index contributed by atoms with van der Waals surface area (Å²) in [4.78, 5) is 19.1. The quantitative estimate of drug-likeness (QED) is 0.368. The number of rotatable bonds is 4. The van der Waals surface area contributed by atoms with Gasteiger partial charge in [0.1, 0.15) is 12.4 Å². The van der Waals surface area contributed by atoms with E-state index in [-0.39, 0.29) is 18.5 Å². The largest absolute Gasteiger partial charge is 0.336 e. The lowest BCUT2D eigenvalue weighted by atomic mass is 9.93. The molecule has 4 rings (SSSR count). The smallest absolute Gasteiger partial charge is 0.253 e. The Morgan fingerprint density at radius 3 is 2.48 bits per heavy atom. The molecule has 0 unspecified atom stereocenters. The van der Waals surface area contributed by atoms with E-state index in [9.17, 15) is 4.79 Å². The van der Waals surface area contributed by atoms with Crippen LogP contribution >= 0.6 is 23.2 Å². The monoisotopic (exact) mass is 424 g/mol. The topological polar surface area (TPSA) is 70.7 Å². The molecule has 1 atom stereocenters. The number of aliphatic imine (C=N–C) groups is 1. The molecule has 0 aromatic heterocycles. The molecular weight excluding hydrogens is 407 g/mol. The molecule has 1 aliphatic rings. The van der Waals surface area contributed by atoms with Crippen molar-refractivity contribution in [2.75, 3.05) is 6.54 Å². The fourth-order valence-corrected chi connectivity index (χ4v) is 3.90. The van der Waals surface area contributed by atoms with Gasteiger partial charge in [-0.1, -0.05) is 65.7 Å². The number of nitrogens with zero attached hydrogens (tertiary/aromatic N) is 2. The summed E-state index contributed by atoms with van der Waals surface area (Å²) in [6.07, 6.45) is 0. The van der Waals surface area contributed by atoms with E-state index in [1.54, 1.807) is 6.07 Å². The number of nitrogens with one attached hydrogen (secondary N) is 1. The molecule has 1 heterocycles. The molecule has 0 bridgehead atoms. The highest BCUT2D eigenvalue weighted by molar-refractivity contribution is 6.31. The third kappa shape index (κ3) is 3.98. The van der Waals surface area contributed by atoms with Crippen molar-refractivity contribution in [3.8, 4) is 0 Å². The van der Waals surface area contributed by atoms with Crippen LogP contribution in [0.3, 0.4) is 0 Å². The second-order valence-corrected chi connectivity index (χ2v) is 7.53. The number of amides is 1. The van der Waals surface area contributed by atoms with Gasteiger partial charge >= 0.3 is 0 Å². The van der Waals surface area contributed by atoms with Gasteiger partial charge in [0.2, 0.25) is 0 Å². The average Bonchev–Trinajstić information content (AvgIpc) is 2.73. The highest BCUT2D eigenvalue weighted by Gasteiger charge is 2.33. The van der Waals surface area contributed by atoms with Crippen LogP contribution in [0.5, 0.6) is 0 Å². The highest BCUT2D eigenvalue weighted by Crippen LogP contribution is 2.41. The Morgan fingerprint density at radius 1 is 1.00 bits per heavy atom. The number of halogens is 2. The number of hydrazine groups is 1. The summed E-state index contributed by atoms with van der Waals surface area (Å²) in [7, 11) is 0. The van der Waals surface area contributed by atoms with E-state index in [2.05, 4.69) is 5.43 Å². The highest BCUT2D eigenvalue weighted by atomic mass is 35.5. The van der Waals surface area contributed by atoms with E-state index in [4.69, 9.17) is 34.0 Å². The number of hydrogen-bond donors (Lipinski definition) is 2. The molecule has 146 valence electrons.